The number of nitrogens with zero attached hydrogens (tertiary/aromatic N) is 1. The Morgan fingerprint density at radius 3 is 2.25 bits per heavy atom. The van der Waals surface area contributed by atoms with Crippen LogP contribution in [0.5, 0.6) is 0 Å². The van der Waals surface area contributed by atoms with Crippen LogP contribution in [-0.2, 0) is 9.59 Å². The molecule has 2 amide bonds. The second-order valence-corrected chi connectivity index (χ2v) is 6.65. The van der Waals surface area contributed by atoms with E-state index in [1.807, 2.05) is 42.2 Å². The van der Waals surface area contributed by atoms with E-state index in [1.165, 1.54) is 6.92 Å². The van der Waals surface area contributed by atoms with E-state index >= 15 is 0 Å². The first kappa shape index (κ1) is 21.3. The predicted molar refractivity (Wildman–Crippen MR) is 111 cm³/mol. The first-order valence-electron chi connectivity index (χ1n) is 9.42. The van der Waals surface area contributed by atoms with E-state index < -0.39 is 6.04 Å². The van der Waals surface area contributed by atoms with Crippen LogP contribution in [-0.4, -0.2) is 41.6 Å². The van der Waals surface area contributed by atoms with Gasteiger partial charge in [-0.25, -0.2) is 0 Å². The van der Waals surface area contributed by atoms with E-state index in [-0.39, 0.29) is 24.1 Å². The molecule has 2 rings (SSSR count). The molecule has 0 saturated heterocycles. The van der Waals surface area contributed by atoms with Gasteiger partial charge in [0.1, 0.15) is 0 Å². The zero-order chi connectivity index (χ0) is 20.5. The monoisotopic (exact) mass is 381 g/mol. The Labute approximate surface area is 165 Å². The van der Waals surface area contributed by atoms with Crippen LogP contribution in [0.1, 0.15) is 37.6 Å². The third kappa shape index (κ3) is 6.03. The van der Waals surface area contributed by atoms with Gasteiger partial charge in [-0.05, 0) is 51.1 Å². The molecule has 2 N–H and O–H groups in total. The molecule has 148 valence electrons. The molecule has 0 spiro atoms. The lowest BCUT2D eigenvalue weighted by atomic mass is 10.1. The van der Waals surface area contributed by atoms with Crippen molar-refractivity contribution in [1.82, 2.24) is 4.90 Å². The van der Waals surface area contributed by atoms with Crippen LogP contribution in [0.15, 0.2) is 54.6 Å². The molecule has 1 unspecified atom stereocenters. The summed E-state index contributed by atoms with van der Waals surface area (Å²) in [4.78, 5) is 38.7. The number of amides is 2. The number of hydrogen-bond acceptors (Lipinski definition) is 4. The highest BCUT2D eigenvalue weighted by Crippen LogP contribution is 2.16. The predicted octanol–water partition coefficient (Wildman–Crippen LogP) is 3.57. The van der Waals surface area contributed by atoms with Crippen molar-refractivity contribution in [2.24, 2.45) is 0 Å². The maximum Gasteiger partial charge on any atom is 0.241 e. The van der Waals surface area contributed by atoms with Crippen LogP contribution in [0.25, 0.3) is 0 Å². The average Bonchev–Trinajstić information content (AvgIpc) is 2.68. The molecule has 0 heterocycles. The first-order chi connectivity index (χ1) is 13.4. The minimum Gasteiger partial charge on any atom is -0.325 e. The molecule has 0 saturated carbocycles. The van der Waals surface area contributed by atoms with Crippen molar-refractivity contribution in [1.29, 1.82) is 0 Å². The molecule has 0 aliphatic heterocycles. The number of carbonyl (C=O) groups is 3. The van der Waals surface area contributed by atoms with Crippen molar-refractivity contribution < 1.29 is 14.4 Å². The first-order valence-corrected chi connectivity index (χ1v) is 9.42. The largest absolute Gasteiger partial charge is 0.325 e. The summed E-state index contributed by atoms with van der Waals surface area (Å²) in [6.07, 6.45) is 0.806. The molecular weight excluding hydrogens is 354 g/mol. The van der Waals surface area contributed by atoms with E-state index in [0.29, 0.717) is 17.8 Å². The number of nitrogens with one attached hydrogen (secondary N) is 2. The van der Waals surface area contributed by atoms with Crippen molar-refractivity contribution in [3.05, 3.63) is 60.2 Å². The molecule has 0 aliphatic carbocycles. The Hall–Kier alpha value is -2.99. The summed E-state index contributed by atoms with van der Waals surface area (Å²) in [7, 11) is 0. The molecule has 6 nitrogen and oxygen atoms in total. The molecule has 0 radical (unpaired) electrons. The summed E-state index contributed by atoms with van der Waals surface area (Å²) in [6.45, 7) is 5.90. The summed E-state index contributed by atoms with van der Waals surface area (Å²) < 4.78 is 0. The fourth-order valence-electron chi connectivity index (χ4n) is 2.90. The molecule has 1 atom stereocenters. The molecule has 0 aliphatic rings. The van der Waals surface area contributed by atoms with Gasteiger partial charge in [0.2, 0.25) is 11.8 Å². The van der Waals surface area contributed by atoms with E-state index in [4.69, 9.17) is 0 Å². The lowest BCUT2D eigenvalue weighted by Crippen LogP contribution is -2.46. The Kier molecular flexibility index (Phi) is 7.89. The lowest BCUT2D eigenvalue weighted by molar-refractivity contribution is -0.123. The van der Waals surface area contributed by atoms with Gasteiger partial charge >= 0.3 is 0 Å². The summed E-state index contributed by atoms with van der Waals surface area (Å²) in [6, 6.07) is 15.6. The zero-order valence-electron chi connectivity index (χ0n) is 16.6. The van der Waals surface area contributed by atoms with E-state index in [9.17, 15) is 14.4 Å². The third-order valence-corrected chi connectivity index (χ3v) is 4.41. The van der Waals surface area contributed by atoms with Crippen LogP contribution in [0.4, 0.5) is 11.4 Å². The fraction of sp³-hybridized carbons (Fsp3) is 0.318. The molecule has 0 aromatic heterocycles. The molecule has 28 heavy (non-hydrogen) atoms. The number of carbonyl (C=O) groups excluding carboxylic acids is 3. The molecule has 0 bridgehead atoms. The highest BCUT2D eigenvalue weighted by Gasteiger charge is 2.23. The fourth-order valence-corrected chi connectivity index (χ4v) is 2.90. The number of Topliss-reactive ketones (excluding diaryl/α,β-unsaturated/α-hetero) is 1. The Morgan fingerprint density at radius 1 is 0.964 bits per heavy atom. The maximum absolute atomic E-state index is 12.6. The topological polar surface area (TPSA) is 78.5 Å². The van der Waals surface area contributed by atoms with Crippen molar-refractivity contribution in [2.75, 3.05) is 23.7 Å². The summed E-state index contributed by atoms with van der Waals surface area (Å²) in [5.74, 6) is -0.546. The minimum atomic E-state index is -0.478. The van der Waals surface area contributed by atoms with Crippen molar-refractivity contribution >= 4 is 29.0 Å². The second kappa shape index (κ2) is 10.4. The lowest BCUT2D eigenvalue weighted by Gasteiger charge is -2.27. The van der Waals surface area contributed by atoms with Gasteiger partial charge in [0.15, 0.2) is 5.78 Å². The number of para-hydroxylation sites is 2. The number of anilines is 2. The van der Waals surface area contributed by atoms with E-state index in [2.05, 4.69) is 10.6 Å². The number of benzene rings is 2. The van der Waals surface area contributed by atoms with Gasteiger partial charge in [0.05, 0.1) is 18.3 Å². The molecule has 0 fully saturated rings. The van der Waals surface area contributed by atoms with Crippen LogP contribution in [0, 0.1) is 0 Å². The zero-order valence-corrected chi connectivity index (χ0v) is 16.6. The second-order valence-electron chi connectivity index (χ2n) is 6.65. The van der Waals surface area contributed by atoms with Gasteiger partial charge in [0.25, 0.3) is 0 Å². The summed E-state index contributed by atoms with van der Waals surface area (Å²) >= 11 is 0. The van der Waals surface area contributed by atoms with Gasteiger partial charge in [-0.3, -0.25) is 19.3 Å². The van der Waals surface area contributed by atoms with Crippen LogP contribution < -0.4 is 10.6 Å². The van der Waals surface area contributed by atoms with Crippen LogP contribution >= 0.6 is 0 Å². The van der Waals surface area contributed by atoms with Gasteiger partial charge in [0, 0.05) is 11.3 Å². The quantitative estimate of drug-likeness (QED) is 0.651. The minimum absolute atomic E-state index is 0.0590. The van der Waals surface area contributed by atoms with Gasteiger partial charge < -0.3 is 10.6 Å². The van der Waals surface area contributed by atoms with Crippen molar-refractivity contribution in [2.45, 2.75) is 33.2 Å². The Bertz CT molecular complexity index is 821. The Balaban J connectivity index is 2.04. The highest BCUT2D eigenvalue weighted by molar-refractivity contribution is 6.04. The number of rotatable bonds is 9. The van der Waals surface area contributed by atoms with Crippen molar-refractivity contribution in [3.8, 4) is 0 Å². The van der Waals surface area contributed by atoms with E-state index in [1.54, 1.807) is 31.2 Å². The molecule has 6 heteroatoms. The van der Waals surface area contributed by atoms with Gasteiger partial charge in [-0.1, -0.05) is 37.3 Å². The SMILES string of the molecule is CCCN(CC(=O)Nc1ccccc1C(C)=O)C(C)C(=O)Nc1ccccc1. The number of hydrogen-bond donors (Lipinski definition) is 2. The third-order valence-electron chi connectivity index (χ3n) is 4.41. The van der Waals surface area contributed by atoms with E-state index in [0.717, 1.165) is 12.1 Å². The molecule has 2 aromatic rings. The standard InChI is InChI=1S/C22H27N3O3/c1-4-14-25(16(2)22(28)23-18-10-6-5-7-11-18)15-21(27)24-20-13-9-8-12-19(20)17(3)26/h5-13,16H,4,14-15H2,1-3H3,(H,23,28)(H,24,27). The average molecular weight is 381 g/mol. The summed E-state index contributed by atoms with van der Waals surface area (Å²) in [5.41, 5.74) is 1.67. The Morgan fingerprint density at radius 2 is 1.61 bits per heavy atom. The van der Waals surface area contributed by atoms with Crippen molar-refractivity contribution in [3.63, 3.8) is 0 Å². The molecular formula is C22H27N3O3. The van der Waals surface area contributed by atoms with Gasteiger partial charge in [-0.15, -0.1) is 0 Å². The smallest absolute Gasteiger partial charge is 0.241 e. The summed E-state index contributed by atoms with van der Waals surface area (Å²) in [5, 5.41) is 5.66. The normalized spacial score (nSPS) is 11.7. The molecule has 2 aromatic carbocycles. The van der Waals surface area contributed by atoms with Gasteiger partial charge in [-0.2, -0.15) is 0 Å². The maximum atomic E-state index is 12.6. The highest BCUT2D eigenvalue weighted by atomic mass is 16.2. The number of ketones is 1. The van der Waals surface area contributed by atoms with Crippen LogP contribution in [0.2, 0.25) is 0 Å². The van der Waals surface area contributed by atoms with Crippen LogP contribution in [0.3, 0.4) is 0 Å².